The van der Waals surface area contributed by atoms with Crippen LogP contribution in [0.5, 0.6) is 11.5 Å². The highest BCUT2D eigenvalue weighted by Gasteiger charge is 2.24. The zero-order chi connectivity index (χ0) is 15.5. The second-order valence-corrected chi connectivity index (χ2v) is 6.05. The Hall–Kier alpha value is -2.02. The van der Waals surface area contributed by atoms with Crippen molar-refractivity contribution in [3.63, 3.8) is 0 Å². The number of hydrogen-bond donors (Lipinski definition) is 1. The summed E-state index contributed by atoms with van der Waals surface area (Å²) in [6.07, 6.45) is 1.07. The van der Waals surface area contributed by atoms with Crippen molar-refractivity contribution in [2.45, 2.75) is 19.4 Å². The van der Waals surface area contributed by atoms with Gasteiger partial charge in [-0.1, -0.05) is 0 Å². The number of rotatable bonds is 5. The predicted molar refractivity (Wildman–Crippen MR) is 88.4 cm³/mol. The minimum atomic E-state index is 0.379. The van der Waals surface area contributed by atoms with Crippen LogP contribution in [-0.4, -0.2) is 42.7 Å². The van der Waals surface area contributed by atoms with Crippen molar-refractivity contribution < 1.29 is 9.47 Å². The fourth-order valence-corrected chi connectivity index (χ4v) is 3.27. The van der Waals surface area contributed by atoms with Gasteiger partial charge in [0.05, 0.1) is 14.2 Å². The Bertz CT molecular complexity index is 624. The molecule has 0 amide bonds. The zero-order valence-corrected chi connectivity index (χ0v) is 13.8. The highest BCUT2D eigenvalue weighted by atomic mass is 32.1. The van der Waals surface area contributed by atoms with Crippen molar-refractivity contribution >= 4 is 22.4 Å². The highest BCUT2D eigenvalue weighted by Crippen LogP contribution is 2.31. The van der Waals surface area contributed by atoms with Crippen molar-refractivity contribution in [2.24, 2.45) is 0 Å². The van der Waals surface area contributed by atoms with Crippen LogP contribution >= 0.6 is 11.5 Å². The van der Waals surface area contributed by atoms with E-state index in [0.717, 1.165) is 47.7 Å². The number of nitrogens with one attached hydrogen (secondary N) is 1. The van der Waals surface area contributed by atoms with Crippen molar-refractivity contribution in [3.05, 3.63) is 24.0 Å². The Morgan fingerprint density at radius 1 is 1.23 bits per heavy atom. The van der Waals surface area contributed by atoms with E-state index in [1.807, 2.05) is 25.1 Å². The summed E-state index contributed by atoms with van der Waals surface area (Å²) < 4.78 is 14.9. The quantitative estimate of drug-likeness (QED) is 0.913. The van der Waals surface area contributed by atoms with Gasteiger partial charge in [0.25, 0.3) is 0 Å². The summed E-state index contributed by atoms with van der Waals surface area (Å²) in [5, 5.41) is 4.36. The van der Waals surface area contributed by atoms with Gasteiger partial charge < -0.3 is 19.7 Å². The topological polar surface area (TPSA) is 59.5 Å². The molecule has 2 heterocycles. The highest BCUT2D eigenvalue weighted by molar-refractivity contribution is 7.09. The number of hydrogen-bond acceptors (Lipinski definition) is 7. The maximum atomic E-state index is 5.34. The molecule has 1 aromatic carbocycles. The number of benzene rings is 1. The number of methoxy groups -OCH3 is 2. The van der Waals surface area contributed by atoms with Crippen LogP contribution < -0.4 is 19.7 Å². The fourth-order valence-electron chi connectivity index (χ4n) is 2.62. The third kappa shape index (κ3) is 3.24. The molecule has 2 aromatic rings. The number of aromatic nitrogens is 2. The zero-order valence-electron chi connectivity index (χ0n) is 13.0. The van der Waals surface area contributed by atoms with Crippen LogP contribution in [0.3, 0.4) is 0 Å². The molecule has 1 atom stereocenters. The summed E-state index contributed by atoms with van der Waals surface area (Å²) in [5.41, 5.74) is 1.12. The maximum absolute atomic E-state index is 5.34. The Labute approximate surface area is 134 Å². The van der Waals surface area contributed by atoms with Crippen LogP contribution in [0.25, 0.3) is 0 Å². The van der Waals surface area contributed by atoms with Gasteiger partial charge in [-0.05, 0) is 13.3 Å². The molecule has 118 valence electrons. The molecule has 3 rings (SSSR count). The van der Waals surface area contributed by atoms with Gasteiger partial charge in [0.1, 0.15) is 17.3 Å². The molecule has 0 spiro atoms. The Kier molecular flexibility index (Phi) is 4.33. The average molecular weight is 320 g/mol. The van der Waals surface area contributed by atoms with Gasteiger partial charge in [0, 0.05) is 54.6 Å². The summed E-state index contributed by atoms with van der Waals surface area (Å²) in [4.78, 5) is 6.69. The van der Waals surface area contributed by atoms with E-state index in [9.17, 15) is 0 Å². The summed E-state index contributed by atoms with van der Waals surface area (Å²) >= 11 is 1.41. The second-order valence-electron chi connectivity index (χ2n) is 5.29. The smallest absolute Gasteiger partial charge is 0.202 e. The first-order chi connectivity index (χ1) is 10.7. The van der Waals surface area contributed by atoms with Crippen LogP contribution in [0, 0.1) is 6.92 Å². The summed E-state index contributed by atoms with van der Waals surface area (Å²) in [5.74, 6) is 2.44. The molecular weight excluding hydrogens is 300 g/mol. The molecule has 0 bridgehead atoms. The lowest BCUT2D eigenvalue weighted by Crippen LogP contribution is -2.26. The average Bonchev–Trinajstić information content (AvgIpc) is 3.16. The van der Waals surface area contributed by atoms with E-state index in [4.69, 9.17) is 9.47 Å². The third-order valence-electron chi connectivity index (χ3n) is 3.74. The monoisotopic (exact) mass is 320 g/mol. The van der Waals surface area contributed by atoms with Gasteiger partial charge in [-0.2, -0.15) is 4.37 Å². The summed E-state index contributed by atoms with van der Waals surface area (Å²) in [6.45, 7) is 3.83. The minimum Gasteiger partial charge on any atom is -0.497 e. The Morgan fingerprint density at radius 3 is 2.55 bits per heavy atom. The third-order valence-corrected chi connectivity index (χ3v) is 4.48. The van der Waals surface area contributed by atoms with E-state index < -0.39 is 0 Å². The lowest BCUT2D eigenvalue weighted by atomic mass is 10.2. The first-order valence-electron chi connectivity index (χ1n) is 7.23. The van der Waals surface area contributed by atoms with Crippen LogP contribution in [0.15, 0.2) is 18.2 Å². The van der Waals surface area contributed by atoms with Crippen LogP contribution in [0.2, 0.25) is 0 Å². The molecule has 1 saturated heterocycles. The first kappa shape index (κ1) is 14.9. The second kappa shape index (κ2) is 6.39. The molecule has 1 aliphatic rings. The number of nitrogens with zero attached hydrogens (tertiary/aromatic N) is 3. The molecule has 0 saturated carbocycles. The molecule has 1 aromatic heterocycles. The molecule has 1 fully saturated rings. The summed E-state index contributed by atoms with van der Waals surface area (Å²) in [7, 11) is 3.34. The van der Waals surface area contributed by atoms with Crippen molar-refractivity contribution in [2.75, 3.05) is 37.5 Å². The van der Waals surface area contributed by atoms with Gasteiger partial charge in [-0.15, -0.1) is 0 Å². The molecule has 1 N–H and O–H groups in total. The molecule has 6 nitrogen and oxygen atoms in total. The van der Waals surface area contributed by atoms with Gasteiger partial charge in [-0.25, -0.2) is 4.98 Å². The van der Waals surface area contributed by atoms with E-state index in [1.165, 1.54) is 11.5 Å². The molecular formula is C15H20N4O2S. The molecule has 0 aliphatic carbocycles. The van der Waals surface area contributed by atoms with Gasteiger partial charge >= 0.3 is 0 Å². The maximum Gasteiger partial charge on any atom is 0.202 e. The van der Waals surface area contributed by atoms with Gasteiger partial charge in [-0.3, -0.25) is 0 Å². The normalized spacial score (nSPS) is 17.6. The lowest BCUT2D eigenvalue weighted by molar-refractivity contribution is 0.394. The molecule has 1 aliphatic heterocycles. The van der Waals surface area contributed by atoms with E-state index in [0.29, 0.717) is 6.04 Å². The lowest BCUT2D eigenvalue weighted by Gasteiger charge is -2.20. The van der Waals surface area contributed by atoms with Crippen molar-refractivity contribution in [1.29, 1.82) is 0 Å². The standard InChI is InChI=1S/C15H20N4O2S/c1-10-16-15(22-18-10)17-11-4-5-19(9-11)12-6-13(20-2)8-14(7-12)21-3/h6-8,11H,4-5,9H2,1-3H3,(H,16,17,18)/t11-/m1/s1. The van der Waals surface area contributed by atoms with Gasteiger partial charge in [0.15, 0.2) is 0 Å². The van der Waals surface area contributed by atoms with Crippen molar-refractivity contribution in [1.82, 2.24) is 9.36 Å². The number of ether oxygens (including phenoxy) is 2. The molecule has 0 radical (unpaired) electrons. The fraction of sp³-hybridized carbons (Fsp3) is 0.467. The Balaban J connectivity index is 1.69. The van der Waals surface area contributed by atoms with Crippen LogP contribution in [-0.2, 0) is 0 Å². The largest absolute Gasteiger partial charge is 0.497 e. The van der Waals surface area contributed by atoms with Gasteiger partial charge in [0.2, 0.25) is 5.13 Å². The van der Waals surface area contributed by atoms with E-state index >= 15 is 0 Å². The van der Waals surface area contributed by atoms with Crippen LogP contribution in [0.4, 0.5) is 10.8 Å². The van der Waals surface area contributed by atoms with E-state index in [-0.39, 0.29) is 0 Å². The predicted octanol–water partition coefficient (Wildman–Crippen LogP) is 2.55. The number of anilines is 2. The van der Waals surface area contributed by atoms with E-state index in [2.05, 4.69) is 19.6 Å². The summed E-state index contributed by atoms with van der Waals surface area (Å²) in [6, 6.07) is 6.35. The van der Waals surface area contributed by atoms with Crippen molar-refractivity contribution in [3.8, 4) is 11.5 Å². The first-order valence-corrected chi connectivity index (χ1v) is 8.00. The molecule has 22 heavy (non-hydrogen) atoms. The Morgan fingerprint density at radius 2 is 1.95 bits per heavy atom. The van der Waals surface area contributed by atoms with Crippen LogP contribution in [0.1, 0.15) is 12.2 Å². The minimum absolute atomic E-state index is 0.379. The number of aryl methyl sites for hydroxylation is 1. The van der Waals surface area contributed by atoms with E-state index in [1.54, 1.807) is 14.2 Å². The SMILES string of the molecule is COc1cc(OC)cc(N2CC[C@@H](Nc3nc(C)ns3)C2)c1. The molecule has 7 heteroatoms. The molecule has 0 unspecified atom stereocenters.